The Labute approximate surface area is 101 Å². The van der Waals surface area contributed by atoms with Crippen LogP contribution in [0.1, 0.15) is 11.4 Å². The van der Waals surface area contributed by atoms with E-state index in [2.05, 4.69) is 10.1 Å². The number of benzene rings is 1. The van der Waals surface area contributed by atoms with E-state index in [9.17, 15) is 14.5 Å². The smallest absolute Gasteiger partial charge is 0.274 e. The number of aromatic nitrogens is 3. The maximum Gasteiger partial charge on any atom is 0.274 e. The Morgan fingerprint density at radius 3 is 2.94 bits per heavy atom. The molecular formula is C10H10FN5O2. The summed E-state index contributed by atoms with van der Waals surface area (Å²) in [5.74, 6) is -0.0569. The summed E-state index contributed by atoms with van der Waals surface area (Å²) in [6, 6.07) is 3.29. The van der Waals surface area contributed by atoms with E-state index in [4.69, 9.17) is 5.73 Å². The summed E-state index contributed by atoms with van der Waals surface area (Å²) < 4.78 is 14.5. The Morgan fingerprint density at radius 2 is 2.28 bits per heavy atom. The molecule has 0 aliphatic heterocycles. The maximum atomic E-state index is 13.1. The molecule has 0 aliphatic carbocycles. The molecular weight excluding hydrogens is 241 g/mol. The minimum atomic E-state index is -0.562. The van der Waals surface area contributed by atoms with Crippen LogP contribution >= 0.6 is 0 Å². The van der Waals surface area contributed by atoms with Gasteiger partial charge in [0.15, 0.2) is 0 Å². The van der Waals surface area contributed by atoms with Gasteiger partial charge < -0.3 is 5.73 Å². The molecule has 94 valence electrons. The number of rotatable bonds is 4. The van der Waals surface area contributed by atoms with Gasteiger partial charge in [-0.05, 0) is 12.1 Å². The highest BCUT2D eigenvalue weighted by molar-refractivity contribution is 5.40. The zero-order valence-corrected chi connectivity index (χ0v) is 9.28. The van der Waals surface area contributed by atoms with Crippen LogP contribution in [0.15, 0.2) is 24.5 Å². The van der Waals surface area contributed by atoms with Gasteiger partial charge in [0.2, 0.25) is 0 Å². The van der Waals surface area contributed by atoms with E-state index in [0.717, 1.165) is 18.2 Å². The molecule has 2 aromatic rings. The van der Waals surface area contributed by atoms with Gasteiger partial charge in [-0.25, -0.2) is 14.1 Å². The van der Waals surface area contributed by atoms with Crippen molar-refractivity contribution < 1.29 is 9.31 Å². The lowest BCUT2D eigenvalue weighted by molar-refractivity contribution is -0.385. The number of nitrogens with two attached hydrogens (primary N) is 1. The van der Waals surface area contributed by atoms with Crippen LogP contribution in [0.2, 0.25) is 0 Å². The minimum absolute atomic E-state index is 0.0562. The molecule has 0 saturated heterocycles. The van der Waals surface area contributed by atoms with E-state index in [0.29, 0.717) is 5.82 Å². The van der Waals surface area contributed by atoms with Crippen LogP contribution in [-0.4, -0.2) is 19.7 Å². The van der Waals surface area contributed by atoms with Gasteiger partial charge in [-0.3, -0.25) is 10.1 Å². The van der Waals surface area contributed by atoms with Gasteiger partial charge in [-0.15, -0.1) is 0 Å². The lowest BCUT2D eigenvalue weighted by Crippen LogP contribution is -2.12. The van der Waals surface area contributed by atoms with E-state index in [1.807, 2.05) is 0 Å². The first-order chi connectivity index (χ1) is 8.61. The number of hydrogen-bond donors (Lipinski definition) is 1. The van der Waals surface area contributed by atoms with Crippen molar-refractivity contribution in [3.63, 3.8) is 0 Å². The molecule has 0 aliphatic rings. The summed E-state index contributed by atoms with van der Waals surface area (Å²) in [6.45, 7) is 0.212. The average Bonchev–Trinajstić information content (AvgIpc) is 2.76. The molecule has 0 spiro atoms. The molecule has 1 aromatic heterocycles. The predicted octanol–water partition coefficient (Wildman–Crippen LogP) is 0.832. The van der Waals surface area contributed by atoms with Crippen molar-refractivity contribution >= 4 is 5.69 Å². The molecule has 0 atom stereocenters. The third kappa shape index (κ3) is 2.33. The number of nitro benzene ring substituents is 1. The molecule has 0 fully saturated rings. The Morgan fingerprint density at radius 1 is 1.50 bits per heavy atom. The first-order valence-corrected chi connectivity index (χ1v) is 5.11. The van der Waals surface area contributed by atoms with Crippen molar-refractivity contribution in [2.24, 2.45) is 5.73 Å². The Hall–Kier alpha value is -2.35. The number of hydrogen-bond acceptors (Lipinski definition) is 5. The van der Waals surface area contributed by atoms with Crippen LogP contribution in [0, 0.1) is 15.9 Å². The quantitative estimate of drug-likeness (QED) is 0.640. The average molecular weight is 251 g/mol. The summed E-state index contributed by atoms with van der Waals surface area (Å²) >= 11 is 0. The third-order valence-electron chi connectivity index (χ3n) is 2.44. The lowest BCUT2D eigenvalue weighted by atomic mass is 10.1. The second-order valence-electron chi connectivity index (χ2n) is 3.57. The van der Waals surface area contributed by atoms with Crippen LogP contribution in [0.3, 0.4) is 0 Å². The summed E-state index contributed by atoms with van der Waals surface area (Å²) in [4.78, 5) is 14.2. The summed E-state index contributed by atoms with van der Waals surface area (Å²) in [7, 11) is 0. The second kappa shape index (κ2) is 4.88. The fraction of sp³-hybridized carbons (Fsp3) is 0.200. The van der Waals surface area contributed by atoms with Crippen LogP contribution in [0.25, 0.3) is 0 Å². The summed E-state index contributed by atoms with van der Waals surface area (Å²) in [5.41, 5.74) is 5.51. The zero-order valence-electron chi connectivity index (χ0n) is 9.28. The van der Waals surface area contributed by atoms with Crippen LogP contribution < -0.4 is 5.73 Å². The fourth-order valence-corrected chi connectivity index (χ4v) is 1.60. The monoisotopic (exact) mass is 251 g/mol. The van der Waals surface area contributed by atoms with Gasteiger partial charge in [0.1, 0.15) is 18.0 Å². The molecule has 18 heavy (non-hydrogen) atoms. The molecule has 2 rings (SSSR count). The highest BCUT2D eigenvalue weighted by Crippen LogP contribution is 2.20. The molecule has 1 heterocycles. The molecule has 0 radical (unpaired) electrons. The van der Waals surface area contributed by atoms with Crippen LogP contribution in [0.5, 0.6) is 0 Å². The molecule has 0 amide bonds. The maximum absolute atomic E-state index is 13.1. The number of nitrogens with zero attached hydrogens (tertiary/aromatic N) is 4. The van der Waals surface area contributed by atoms with Gasteiger partial charge >= 0.3 is 0 Å². The molecule has 0 unspecified atom stereocenters. The van der Waals surface area contributed by atoms with E-state index in [1.165, 1.54) is 11.0 Å². The van der Waals surface area contributed by atoms with Crippen LogP contribution in [-0.2, 0) is 13.1 Å². The van der Waals surface area contributed by atoms with Crippen molar-refractivity contribution in [1.29, 1.82) is 0 Å². The Balaban J connectivity index is 2.39. The summed E-state index contributed by atoms with van der Waals surface area (Å²) in [6.07, 6.45) is 1.30. The largest absolute Gasteiger partial charge is 0.324 e. The Bertz CT molecular complexity index is 583. The van der Waals surface area contributed by atoms with Crippen molar-refractivity contribution in [3.05, 3.63) is 51.8 Å². The fourth-order valence-electron chi connectivity index (χ4n) is 1.60. The molecule has 0 saturated carbocycles. The SMILES string of the molecule is NCc1ncnn1Cc1cc(F)ccc1[N+](=O)[O-]. The van der Waals surface area contributed by atoms with Gasteiger partial charge in [0, 0.05) is 6.07 Å². The molecule has 2 N–H and O–H groups in total. The second-order valence-corrected chi connectivity index (χ2v) is 3.57. The number of halogens is 1. The highest BCUT2D eigenvalue weighted by Gasteiger charge is 2.16. The van der Waals surface area contributed by atoms with Crippen molar-refractivity contribution in [2.45, 2.75) is 13.1 Å². The first kappa shape index (κ1) is 12.1. The molecule has 7 nitrogen and oxygen atoms in total. The van der Waals surface area contributed by atoms with Crippen molar-refractivity contribution in [1.82, 2.24) is 14.8 Å². The zero-order chi connectivity index (χ0) is 13.1. The standard InChI is InChI=1S/C10H10FN5O2/c11-8-1-2-9(16(17)18)7(3-8)5-15-10(4-12)13-6-14-15/h1-3,6H,4-5,12H2. The minimum Gasteiger partial charge on any atom is -0.324 e. The van der Waals surface area contributed by atoms with Gasteiger partial charge in [0.25, 0.3) is 5.69 Å². The highest BCUT2D eigenvalue weighted by atomic mass is 19.1. The topological polar surface area (TPSA) is 99.9 Å². The predicted molar refractivity (Wildman–Crippen MR) is 60.1 cm³/mol. The van der Waals surface area contributed by atoms with Crippen molar-refractivity contribution in [3.8, 4) is 0 Å². The molecule has 0 bridgehead atoms. The van der Waals surface area contributed by atoms with E-state index in [-0.39, 0.29) is 24.3 Å². The van der Waals surface area contributed by atoms with E-state index in [1.54, 1.807) is 0 Å². The van der Waals surface area contributed by atoms with E-state index < -0.39 is 10.7 Å². The third-order valence-corrected chi connectivity index (χ3v) is 2.44. The molecule has 8 heteroatoms. The van der Waals surface area contributed by atoms with E-state index >= 15 is 0 Å². The first-order valence-electron chi connectivity index (χ1n) is 5.11. The summed E-state index contributed by atoms with van der Waals surface area (Å²) in [5, 5.41) is 14.7. The Kier molecular flexibility index (Phi) is 3.28. The van der Waals surface area contributed by atoms with Gasteiger partial charge in [-0.1, -0.05) is 0 Å². The molecule has 1 aromatic carbocycles. The van der Waals surface area contributed by atoms with Gasteiger partial charge in [-0.2, -0.15) is 5.10 Å². The lowest BCUT2D eigenvalue weighted by Gasteiger charge is -2.05. The van der Waals surface area contributed by atoms with Crippen LogP contribution in [0.4, 0.5) is 10.1 Å². The van der Waals surface area contributed by atoms with Crippen molar-refractivity contribution in [2.75, 3.05) is 0 Å². The van der Waals surface area contributed by atoms with Gasteiger partial charge in [0.05, 0.1) is 23.6 Å². The normalized spacial score (nSPS) is 10.6. The number of nitro groups is 1.